The van der Waals surface area contributed by atoms with Gasteiger partial charge in [-0.05, 0) is 31.2 Å². The minimum absolute atomic E-state index is 0.0169. The largest absolute Gasteiger partial charge is 0.508 e. The van der Waals surface area contributed by atoms with Gasteiger partial charge in [0.25, 0.3) is 0 Å². The standard InChI is InChI=1S/C17H17N3O/c1-12(15-7-2-3-8-17(15)21)19-14-6-4-5-13(11-14)16-9-10-18-20-16/h2-12,19,21H,1H3,(H,18,20). The number of hydrogen-bond acceptors (Lipinski definition) is 3. The van der Waals surface area contributed by atoms with Crippen LogP contribution in [0, 0.1) is 0 Å². The molecular formula is C17H17N3O. The van der Waals surface area contributed by atoms with Crippen LogP contribution in [-0.4, -0.2) is 15.3 Å². The summed E-state index contributed by atoms with van der Waals surface area (Å²) in [4.78, 5) is 0. The second-order valence-electron chi connectivity index (χ2n) is 4.98. The molecule has 3 rings (SSSR count). The Morgan fingerprint density at radius 3 is 2.71 bits per heavy atom. The number of para-hydroxylation sites is 1. The molecule has 1 atom stereocenters. The number of aromatic amines is 1. The highest BCUT2D eigenvalue weighted by atomic mass is 16.3. The Morgan fingerprint density at radius 2 is 1.95 bits per heavy atom. The van der Waals surface area contributed by atoms with Gasteiger partial charge in [0.2, 0.25) is 0 Å². The summed E-state index contributed by atoms with van der Waals surface area (Å²) < 4.78 is 0. The molecule has 106 valence electrons. The lowest BCUT2D eigenvalue weighted by Crippen LogP contribution is -2.06. The van der Waals surface area contributed by atoms with Gasteiger partial charge in [-0.2, -0.15) is 5.10 Å². The van der Waals surface area contributed by atoms with Gasteiger partial charge in [0, 0.05) is 23.0 Å². The number of H-pyrrole nitrogens is 1. The van der Waals surface area contributed by atoms with E-state index >= 15 is 0 Å². The van der Waals surface area contributed by atoms with E-state index in [-0.39, 0.29) is 6.04 Å². The van der Waals surface area contributed by atoms with Crippen molar-refractivity contribution in [2.45, 2.75) is 13.0 Å². The van der Waals surface area contributed by atoms with Crippen LogP contribution in [0.25, 0.3) is 11.3 Å². The van der Waals surface area contributed by atoms with Crippen LogP contribution in [0.15, 0.2) is 60.8 Å². The van der Waals surface area contributed by atoms with Crippen molar-refractivity contribution < 1.29 is 5.11 Å². The zero-order valence-electron chi connectivity index (χ0n) is 11.7. The predicted octanol–water partition coefficient (Wildman–Crippen LogP) is 3.96. The average molecular weight is 279 g/mol. The lowest BCUT2D eigenvalue weighted by Gasteiger charge is -2.17. The Labute approximate surface area is 123 Å². The molecule has 0 amide bonds. The van der Waals surface area contributed by atoms with Crippen molar-refractivity contribution >= 4 is 5.69 Å². The van der Waals surface area contributed by atoms with Gasteiger partial charge < -0.3 is 10.4 Å². The molecule has 1 unspecified atom stereocenters. The Bertz CT molecular complexity index is 722. The highest BCUT2D eigenvalue weighted by molar-refractivity contribution is 5.65. The van der Waals surface area contributed by atoms with Gasteiger partial charge >= 0.3 is 0 Å². The van der Waals surface area contributed by atoms with E-state index in [4.69, 9.17) is 0 Å². The van der Waals surface area contributed by atoms with E-state index in [1.807, 2.05) is 49.4 Å². The van der Waals surface area contributed by atoms with Crippen LogP contribution in [0.3, 0.4) is 0 Å². The predicted molar refractivity (Wildman–Crippen MR) is 84.2 cm³/mol. The monoisotopic (exact) mass is 279 g/mol. The molecule has 0 aliphatic rings. The summed E-state index contributed by atoms with van der Waals surface area (Å²) in [5, 5.41) is 20.2. The maximum absolute atomic E-state index is 9.91. The van der Waals surface area contributed by atoms with Crippen LogP contribution in [0.5, 0.6) is 5.75 Å². The van der Waals surface area contributed by atoms with Crippen LogP contribution >= 0.6 is 0 Å². The van der Waals surface area contributed by atoms with Crippen LogP contribution in [0.4, 0.5) is 5.69 Å². The summed E-state index contributed by atoms with van der Waals surface area (Å²) in [7, 11) is 0. The molecule has 0 aliphatic carbocycles. The second-order valence-corrected chi connectivity index (χ2v) is 4.98. The minimum atomic E-state index is 0.0169. The van der Waals surface area contributed by atoms with Crippen LogP contribution < -0.4 is 5.32 Å². The Kier molecular flexibility index (Phi) is 3.60. The Hall–Kier alpha value is -2.75. The summed E-state index contributed by atoms with van der Waals surface area (Å²) in [5.74, 6) is 0.308. The maximum Gasteiger partial charge on any atom is 0.120 e. The number of rotatable bonds is 4. The number of hydrogen-bond donors (Lipinski definition) is 3. The van der Waals surface area contributed by atoms with Crippen molar-refractivity contribution in [3.05, 3.63) is 66.4 Å². The second kappa shape index (κ2) is 5.71. The number of anilines is 1. The van der Waals surface area contributed by atoms with E-state index < -0.39 is 0 Å². The molecule has 0 aliphatic heterocycles. The van der Waals surface area contributed by atoms with Gasteiger partial charge in [-0.1, -0.05) is 30.3 Å². The van der Waals surface area contributed by atoms with Crippen molar-refractivity contribution in [1.29, 1.82) is 0 Å². The van der Waals surface area contributed by atoms with E-state index in [0.717, 1.165) is 22.5 Å². The number of aromatic hydroxyl groups is 1. The van der Waals surface area contributed by atoms with Gasteiger partial charge in [-0.15, -0.1) is 0 Å². The maximum atomic E-state index is 9.91. The Balaban J connectivity index is 1.82. The molecule has 1 heterocycles. The van der Waals surface area contributed by atoms with Crippen molar-refractivity contribution in [1.82, 2.24) is 10.2 Å². The molecule has 2 aromatic carbocycles. The molecule has 0 spiro atoms. The number of aromatic nitrogens is 2. The molecule has 0 saturated carbocycles. The fourth-order valence-electron chi connectivity index (χ4n) is 2.37. The third-order valence-electron chi connectivity index (χ3n) is 3.46. The van der Waals surface area contributed by atoms with E-state index in [0.29, 0.717) is 5.75 Å². The number of benzene rings is 2. The van der Waals surface area contributed by atoms with Gasteiger partial charge in [-0.25, -0.2) is 0 Å². The molecule has 0 fully saturated rings. The van der Waals surface area contributed by atoms with Crippen molar-refractivity contribution in [2.75, 3.05) is 5.32 Å². The van der Waals surface area contributed by atoms with E-state index in [9.17, 15) is 5.11 Å². The highest BCUT2D eigenvalue weighted by Crippen LogP contribution is 2.28. The third-order valence-corrected chi connectivity index (χ3v) is 3.46. The lowest BCUT2D eigenvalue weighted by molar-refractivity contribution is 0.465. The topological polar surface area (TPSA) is 60.9 Å². The number of nitrogens with zero attached hydrogens (tertiary/aromatic N) is 1. The first-order valence-electron chi connectivity index (χ1n) is 6.88. The lowest BCUT2D eigenvalue weighted by atomic mass is 10.1. The first kappa shape index (κ1) is 13.2. The zero-order chi connectivity index (χ0) is 14.7. The van der Waals surface area contributed by atoms with E-state index in [1.54, 1.807) is 12.3 Å². The molecule has 1 aromatic heterocycles. The van der Waals surface area contributed by atoms with Crippen molar-refractivity contribution in [2.24, 2.45) is 0 Å². The number of phenols is 1. The average Bonchev–Trinajstić information content (AvgIpc) is 3.02. The SMILES string of the molecule is CC(Nc1cccc(-c2ccn[nH]2)c1)c1ccccc1O. The van der Waals surface area contributed by atoms with Crippen molar-refractivity contribution in [3.63, 3.8) is 0 Å². The van der Waals surface area contributed by atoms with Crippen LogP contribution in [0.2, 0.25) is 0 Å². The highest BCUT2D eigenvalue weighted by Gasteiger charge is 2.10. The zero-order valence-corrected chi connectivity index (χ0v) is 11.7. The van der Waals surface area contributed by atoms with Crippen molar-refractivity contribution in [3.8, 4) is 17.0 Å². The fraction of sp³-hybridized carbons (Fsp3) is 0.118. The normalized spacial score (nSPS) is 12.0. The summed E-state index contributed by atoms with van der Waals surface area (Å²) in [6.45, 7) is 2.03. The number of nitrogens with one attached hydrogen (secondary N) is 2. The molecule has 4 nitrogen and oxygen atoms in total. The third kappa shape index (κ3) is 2.89. The van der Waals surface area contributed by atoms with Gasteiger partial charge in [0.05, 0.1) is 11.7 Å². The molecule has 21 heavy (non-hydrogen) atoms. The molecule has 0 bridgehead atoms. The first-order chi connectivity index (χ1) is 10.2. The molecular weight excluding hydrogens is 262 g/mol. The van der Waals surface area contributed by atoms with Gasteiger partial charge in [0.15, 0.2) is 0 Å². The number of phenolic OH excluding ortho intramolecular Hbond substituents is 1. The Morgan fingerprint density at radius 1 is 1.10 bits per heavy atom. The molecule has 0 saturated heterocycles. The molecule has 3 aromatic rings. The van der Waals surface area contributed by atoms with Crippen LogP contribution in [-0.2, 0) is 0 Å². The first-order valence-corrected chi connectivity index (χ1v) is 6.88. The molecule has 3 N–H and O–H groups in total. The summed E-state index contributed by atoms with van der Waals surface area (Å²) >= 11 is 0. The van der Waals surface area contributed by atoms with E-state index in [1.165, 1.54) is 0 Å². The van der Waals surface area contributed by atoms with Crippen LogP contribution in [0.1, 0.15) is 18.5 Å². The van der Waals surface area contributed by atoms with E-state index in [2.05, 4.69) is 21.6 Å². The summed E-state index contributed by atoms with van der Waals surface area (Å²) in [5.41, 5.74) is 3.93. The van der Waals surface area contributed by atoms with Gasteiger partial charge in [0.1, 0.15) is 5.75 Å². The fourth-order valence-corrected chi connectivity index (χ4v) is 2.37. The quantitative estimate of drug-likeness (QED) is 0.677. The molecule has 4 heteroatoms. The summed E-state index contributed by atoms with van der Waals surface area (Å²) in [6, 6.07) is 17.4. The summed E-state index contributed by atoms with van der Waals surface area (Å²) in [6.07, 6.45) is 1.74. The van der Waals surface area contributed by atoms with Gasteiger partial charge in [-0.3, -0.25) is 5.10 Å². The smallest absolute Gasteiger partial charge is 0.120 e. The minimum Gasteiger partial charge on any atom is -0.508 e. The molecule has 0 radical (unpaired) electrons.